The van der Waals surface area contributed by atoms with Crippen molar-refractivity contribution in [1.82, 2.24) is 25.0 Å². The van der Waals surface area contributed by atoms with Crippen LogP contribution in [-0.2, 0) is 11.8 Å². The zero-order chi connectivity index (χ0) is 17.7. The molecule has 1 N–H and O–H groups in total. The molecule has 2 heterocycles. The molecule has 1 aromatic rings. The summed E-state index contributed by atoms with van der Waals surface area (Å²) < 4.78 is 7.24. The van der Waals surface area contributed by atoms with Crippen LogP contribution in [0.3, 0.4) is 0 Å². The van der Waals surface area contributed by atoms with E-state index < -0.39 is 0 Å². The number of nitrogens with zero attached hydrogens (tertiary/aromatic N) is 4. The van der Waals surface area contributed by atoms with Crippen molar-refractivity contribution in [1.29, 1.82) is 0 Å². The molecule has 0 aromatic carbocycles. The van der Waals surface area contributed by atoms with E-state index in [4.69, 9.17) is 4.74 Å². The van der Waals surface area contributed by atoms with Gasteiger partial charge in [-0.05, 0) is 24.2 Å². The molecular formula is C17H31N5O2. The van der Waals surface area contributed by atoms with Crippen LogP contribution in [0.5, 0.6) is 0 Å². The fourth-order valence-corrected chi connectivity index (χ4v) is 3.34. The Balaban J connectivity index is 1.87. The van der Waals surface area contributed by atoms with E-state index in [1.54, 1.807) is 4.68 Å². The molecule has 1 fully saturated rings. The first-order valence-corrected chi connectivity index (χ1v) is 8.74. The summed E-state index contributed by atoms with van der Waals surface area (Å²) in [6, 6.07) is -0.229. The van der Waals surface area contributed by atoms with Gasteiger partial charge < -0.3 is 15.0 Å². The first-order valence-electron chi connectivity index (χ1n) is 8.74. The van der Waals surface area contributed by atoms with E-state index in [0.717, 1.165) is 18.7 Å². The number of carbonyl (C=O) groups is 1. The second-order valence-corrected chi connectivity index (χ2v) is 7.92. The molecule has 0 bridgehead atoms. The highest BCUT2D eigenvalue weighted by Crippen LogP contribution is 2.26. The summed E-state index contributed by atoms with van der Waals surface area (Å²) in [6.45, 7) is 11.3. The highest BCUT2D eigenvalue weighted by Gasteiger charge is 2.31. The Morgan fingerprint density at radius 3 is 2.88 bits per heavy atom. The van der Waals surface area contributed by atoms with Gasteiger partial charge in [-0.2, -0.15) is 5.10 Å². The average molecular weight is 337 g/mol. The number of morpholine rings is 1. The zero-order valence-electron chi connectivity index (χ0n) is 15.6. The van der Waals surface area contributed by atoms with Crippen molar-refractivity contribution in [2.75, 3.05) is 26.3 Å². The third-order valence-corrected chi connectivity index (χ3v) is 4.31. The predicted octanol–water partition coefficient (Wildman–Crippen LogP) is 2.36. The van der Waals surface area contributed by atoms with Gasteiger partial charge in [0, 0.05) is 20.1 Å². The van der Waals surface area contributed by atoms with E-state index in [0.29, 0.717) is 37.6 Å². The number of nitrogens with one attached hydrogen (secondary N) is 1. The van der Waals surface area contributed by atoms with Crippen LogP contribution in [-0.4, -0.2) is 52.0 Å². The van der Waals surface area contributed by atoms with Gasteiger partial charge in [0.1, 0.15) is 12.4 Å². The van der Waals surface area contributed by atoms with E-state index in [9.17, 15) is 4.79 Å². The molecule has 1 aromatic heterocycles. The number of aromatic nitrogens is 3. The number of aryl methyl sites for hydroxylation is 1. The summed E-state index contributed by atoms with van der Waals surface area (Å²) in [5.41, 5.74) is 0.323. The topological polar surface area (TPSA) is 72.3 Å². The fraction of sp³-hybridized carbons (Fsp3) is 0.824. The van der Waals surface area contributed by atoms with Crippen LogP contribution in [0.1, 0.15) is 52.4 Å². The molecule has 136 valence electrons. The molecule has 0 aliphatic carbocycles. The lowest BCUT2D eigenvalue weighted by Gasteiger charge is -2.34. The van der Waals surface area contributed by atoms with Gasteiger partial charge in [0.25, 0.3) is 0 Å². The molecule has 0 radical (unpaired) electrons. The second kappa shape index (κ2) is 7.96. The molecule has 7 nitrogen and oxygen atoms in total. The Labute approximate surface area is 144 Å². The molecule has 2 rings (SSSR count). The molecule has 1 aliphatic rings. The number of urea groups is 1. The number of carbonyl (C=O) groups excluding carboxylic acids is 1. The van der Waals surface area contributed by atoms with Crippen molar-refractivity contribution in [3.8, 4) is 0 Å². The lowest BCUT2D eigenvalue weighted by Crippen LogP contribution is -2.49. The van der Waals surface area contributed by atoms with Crippen LogP contribution in [0.15, 0.2) is 6.33 Å². The molecule has 2 atom stereocenters. The minimum Gasteiger partial charge on any atom is -0.377 e. The predicted molar refractivity (Wildman–Crippen MR) is 92.5 cm³/mol. The molecular weight excluding hydrogens is 306 g/mol. The van der Waals surface area contributed by atoms with Crippen molar-refractivity contribution in [3.63, 3.8) is 0 Å². The number of ether oxygens (including phenoxy) is 1. The summed E-state index contributed by atoms with van der Waals surface area (Å²) in [6.07, 6.45) is 3.65. The van der Waals surface area contributed by atoms with E-state index in [2.05, 4.69) is 43.1 Å². The standard InChI is InChI=1S/C17H31N5O2/c1-13(10-17(2,3)4)6-7-18-16(23)22-8-9-24-11-14(22)15-19-12-20-21(15)5/h12-14H,6-11H2,1-5H3,(H,18,23). The largest absolute Gasteiger partial charge is 0.377 e. The van der Waals surface area contributed by atoms with Crippen molar-refractivity contribution < 1.29 is 9.53 Å². The zero-order valence-corrected chi connectivity index (χ0v) is 15.6. The minimum absolute atomic E-state index is 0.0470. The monoisotopic (exact) mass is 337 g/mol. The van der Waals surface area contributed by atoms with E-state index >= 15 is 0 Å². The third-order valence-electron chi connectivity index (χ3n) is 4.31. The van der Waals surface area contributed by atoms with Crippen LogP contribution in [0.25, 0.3) is 0 Å². The Kier molecular flexibility index (Phi) is 6.21. The normalized spacial score (nSPS) is 20.0. The maximum atomic E-state index is 12.6. The van der Waals surface area contributed by atoms with E-state index in [1.807, 2.05) is 11.9 Å². The van der Waals surface area contributed by atoms with Crippen molar-refractivity contribution in [3.05, 3.63) is 12.2 Å². The lowest BCUT2D eigenvalue weighted by atomic mass is 9.84. The fourth-order valence-electron chi connectivity index (χ4n) is 3.34. The van der Waals surface area contributed by atoms with Gasteiger partial charge in [0.05, 0.1) is 13.2 Å². The maximum Gasteiger partial charge on any atom is 0.318 e. The number of amides is 2. The Morgan fingerprint density at radius 2 is 2.25 bits per heavy atom. The summed E-state index contributed by atoms with van der Waals surface area (Å²) >= 11 is 0. The van der Waals surface area contributed by atoms with Gasteiger partial charge in [-0.1, -0.05) is 27.7 Å². The first kappa shape index (κ1) is 18.7. The van der Waals surface area contributed by atoms with Crippen molar-refractivity contribution in [2.24, 2.45) is 18.4 Å². The SMILES string of the molecule is CC(CCNC(=O)N1CCOCC1c1ncnn1C)CC(C)(C)C. The Morgan fingerprint density at radius 1 is 1.50 bits per heavy atom. The summed E-state index contributed by atoms with van der Waals surface area (Å²) in [5.74, 6) is 1.34. The number of hydrogen-bond donors (Lipinski definition) is 1. The highest BCUT2D eigenvalue weighted by atomic mass is 16.5. The molecule has 24 heavy (non-hydrogen) atoms. The molecule has 0 saturated carbocycles. The van der Waals surface area contributed by atoms with Crippen LogP contribution in [0.4, 0.5) is 4.79 Å². The lowest BCUT2D eigenvalue weighted by molar-refractivity contribution is 0.00739. The molecule has 7 heteroatoms. The second-order valence-electron chi connectivity index (χ2n) is 7.92. The molecule has 0 spiro atoms. The first-order chi connectivity index (χ1) is 11.3. The number of hydrogen-bond acceptors (Lipinski definition) is 4. The van der Waals surface area contributed by atoms with E-state index in [-0.39, 0.29) is 12.1 Å². The molecule has 2 unspecified atom stereocenters. The maximum absolute atomic E-state index is 12.6. The number of rotatable bonds is 5. The smallest absolute Gasteiger partial charge is 0.318 e. The summed E-state index contributed by atoms with van der Waals surface area (Å²) in [7, 11) is 1.83. The van der Waals surface area contributed by atoms with Gasteiger partial charge in [0.2, 0.25) is 0 Å². The van der Waals surface area contributed by atoms with Gasteiger partial charge in [-0.25, -0.2) is 9.78 Å². The van der Waals surface area contributed by atoms with Crippen LogP contribution < -0.4 is 5.32 Å². The average Bonchev–Trinajstić information content (AvgIpc) is 2.91. The Bertz CT molecular complexity index is 537. The molecule has 2 amide bonds. The van der Waals surface area contributed by atoms with Crippen molar-refractivity contribution in [2.45, 2.75) is 46.6 Å². The van der Waals surface area contributed by atoms with Crippen molar-refractivity contribution >= 4 is 6.03 Å². The summed E-state index contributed by atoms with van der Waals surface area (Å²) in [4.78, 5) is 18.7. The molecule has 1 aliphatic heterocycles. The third kappa shape index (κ3) is 5.19. The van der Waals surface area contributed by atoms with Crippen LogP contribution >= 0.6 is 0 Å². The van der Waals surface area contributed by atoms with Crippen LogP contribution in [0.2, 0.25) is 0 Å². The van der Waals surface area contributed by atoms with Gasteiger partial charge in [-0.15, -0.1) is 0 Å². The van der Waals surface area contributed by atoms with Crippen LogP contribution in [0, 0.1) is 11.3 Å². The highest BCUT2D eigenvalue weighted by molar-refractivity contribution is 5.74. The van der Waals surface area contributed by atoms with Gasteiger partial charge in [0.15, 0.2) is 5.82 Å². The van der Waals surface area contributed by atoms with E-state index in [1.165, 1.54) is 6.33 Å². The minimum atomic E-state index is -0.182. The van der Waals surface area contributed by atoms with Gasteiger partial charge in [-0.3, -0.25) is 4.68 Å². The van der Waals surface area contributed by atoms with Gasteiger partial charge >= 0.3 is 6.03 Å². The Hall–Kier alpha value is -1.63. The summed E-state index contributed by atoms with van der Waals surface area (Å²) in [5, 5.41) is 7.15. The molecule has 1 saturated heterocycles. The quantitative estimate of drug-likeness (QED) is 0.895.